The van der Waals surface area contributed by atoms with Gasteiger partial charge in [0.05, 0.1) is 6.61 Å². The third-order valence-corrected chi connectivity index (χ3v) is 2.45. The maximum absolute atomic E-state index is 11.4. The van der Waals surface area contributed by atoms with E-state index in [0.29, 0.717) is 19.6 Å². The van der Waals surface area contributed by atoms with Crippen LogP contribution in [0.25, 0.3) is 0 Å². The van der Waals surface area contributed by atoms with E-state index in [0.717, 1.165) is 11.8 Å². The zero-order valence-corrected chi connectivity index (χ0v) is 11.6. The molecule has 0 radical (unpaired) electrons. The fourth-order valence-corrected chi connectivity index (χ4v) is 1.49. The van der Waals surface area contributed by atoms with Gasteiger partial charge in [0.1, 0.15) is 12.8 Å². The summed E-state index contributed by atoms with van der Waals surface area (Å²) in [6.45, 7) is 2.44. The van der Waals surface area contributed by atoms with E-state index >= 15 is 0 Å². The van der Waals surface area contributed by atoms with Gasteiger partial charge in [0.2, 0.25) is 0 Å². The molecule has 0 atom stereocenters. The van der Waals surface area contributed by atoms with Crippen LogP contribution in [0.1, 0.15) is 31.7 Å². The van der Waals surface area contributed by atoms with Crippen LogP contribution in [0.5, 0.6) is 0 Å². The largest absolute Gasteiger partial charge is 0.466 e. The van der Waals surface area contributed by atoms with Gasteiger partial charge in [-0.3, -0.25) is 9.59 Å². The zero-order valence-electron chi connectivity index (χ0n) is 11.6. The molecule has 0 heterocycles. The smallest absolute Gasteiger partial charge is 0.305 e. The van der Waals surface area contributed by atoms with Crippen molar-refractivity contribution >= 4 is 18.0 Å². The Morgan fingerprint density at radius 2 is 1.95 bits per heavy atom. The summed E-state index contributed by atoms with van der Waals surface area (Å²) in [7, 11) is 0. The number of carbonyl (C=O) groups excluding carboxylic acids is 2. The van der Waals surface area contributed by atoms with Crippen LogP contribution in [0.2, 0.25) is 0 Å². The number of benzene rings is 1. The van der Waals surface area contributed by atoms with Gasteiger partial charge >= 0.3 is 5.97 Å². The van der Waals surface area contributed by atoms with E-state index in [9.17, 15) is 9.59 Å². The third-order valence-electron chi connectivity index (χ3n) is 2.45. The Kier molecular flexibility index (Phi) is 7.72. The summed E-state index contributed by atoms with van der Waals surface area (Å²) in [4.78, 5) is 27.5. The van der Waals surface area contributed by atoms with E-state index < -0.39 is 0 Å². The highest BCUT2D eigenvalue weighted by molar-refractivity contribution is 6.27. The number of Topliss-reactive ketones (excluding diaryl/α,β-unsaturated/α-hetero) is 1. The summed E-state index contributed by atoms with van der Waals surface area (Å²) < 4.78 is 4.76. The van der Waals surface area contributed by atoms with E-state index in [2.05, 4.69) is 5.16 Å². The number of ketones is 1. The number of oxime groups is 1. The minimum absolute atomic E-state index is 0.164. The van der Waals surface area contributed by atoms with Crippen molar-refractivity contribution in [1.29, 1.82) is 0 Å². The summed E-state index contributed by atoms with van der Waals surface area (Å²) in [5, 5.41) is 3.61. The normalized spacial score (nSPS) is 10.4. The molecule has 0 bridgehead atoms. The first-order valence-electron chi connectivity index (χ1n) is 6.60. The van der Waals surface area contributed by atoms with Crippen molar-refractivity contribution in [2.24, 2.45) is 5.16 Å². The Labute approximate surface area is 118 Å². The van der Waals surface area contributed by atoms with Crippen LogP contribution in [0.3, 0.4) is 0 Å². The Balaban J connectivity index is 2.12. The third kappa shape index (κ3) is 7.31. The van der Waals surface area contributed by atoms with Crippen molar-refractivity contribution < 1.29 is 19.2 Å². The second-order valence-corrected chi connectivity index (χ2v) is 4.12. The molecule has 0 aliphatic heterocycles. The summed E-state index contributed by atoms with van der Waals surface area (Å²) >= 11 is 0. The molecule has 0 unspecified atom stereocenters. The lowest BCUT2D eigenvalue weighted by atomic mass is 10.2. The molecule has 0 saturated heterocycles. The Morgan fingerprint density at radius 3 is 2.65 bits per heavy atom. The van der Waals surface area contributed by atoms with Crippen molar-refractivity contribution in [2.45, 2.75) is 32.8 Å². The summed E-state index contributed by atoms with van der Waals surface area (Å²) in [6.07, 6.45) is 2.12. The van der Waals surface area contributed by atoms with Crippen molar-refractivity contribution in [1.82, 2.24) is 0 Å². The number of hydrogen-bond acceptors (Lipinski definition) is 5. The van der Waals surface area contributed by atoms with E-state index in [4.69, 9.17) is 9.57 Å². The first-order valence-corrected chi connectivity index (χ1v) is 6.60. The van der Waals surface area contributed by atoms with Gasteiger partial charge in [0.15, 0.2) is 5.78 Å². The number of ether oxygens (including phenoxy) is 1. The molecule has 0 aliphatic carbocycles. The molecule has 1 aromatic rings. The molecule has 0 saturated carbocycles. The van der Waals surface area contributed by atoms with Crippen molar-refractivity contribution in [3.05, 3.63) is 35.9 Å². The molecule has 108 valence electrons. The molecule has 5 nitrogen and oxygen atoms in total. The van der Waals surface area contributed by atoms with Crippen molar-refractivity contribution in [3.8, 4) is 0 Å². The molecule has 0 fully saturated rings. The molecular formula is C15H19NO4. The fraction of sp³-hybridized carbons (Fsp3) is 0.400. The second-order valence-electron chi connectivity index (χ2n) is 4.12. The number of esters is 1. The van der Waals surface area contributed by atoms with Gasteiger partial charge in [-0.1, -0.05) is 35.5 Å². The maximum atomic E-state index is 11.4. The first kappa shape index (κ1) is 15.9. The minimum atomic E-state index is -0.280. The Hall–Kier alpha value is -2.17. The van der Waals surface area contributed by atoms with Crippen molar-refractivity contribution in [2.75, 3.05) is 6.61 Å². The first-order chi connectivity index (χ1) is 9.72. The van der Waals surface area contributed by atoms with E-state index in [1.54, 1.807) is 6.92 Å². The fourth-order valence-electron chi connectivity index (χ4n) is 1.49. The molecule has 5 heteroatoms. The standard InChI is InChI=1S/C15H19NO4/c1-2-19-15(18)10-6-9-14(17)11-16-20-12-13-7-4-3-5-8-13/h3-5,7-8,11H,2,6,9-10,12H2,1H3/b16-11+. The quantitative estimate of drug-likeness (QED) is 0.395. The molecule has 20 heavy (non-hydrogen) atoms. The van der Waals surface area contributed by atoms with Crippen LogP contribution in [0.15, 0.2) is 35.5 Å². The number of rotatable bonds is 9. The molecular weight excluding hydrogens is 258 g/mol. The highest BCUT2D eigenvalue weighted by Gasteiger charge is 2.04. The topological polar surface area (TPSA) is 65.0 Å². The van der Waals surface area contributed by atoms with Crippen LogP contribution >= 0.6 is 0 Å². The average molecular weight is 277 g/mol. The number of nitrogens with zero attached hydrogens (tertiary/aromatic N) is 1. The van der Waals surface area contributed by atoms with Crippen LogP contribution in [0.4, 0.5) is 0 Å². The minimum Gasteiger partial charge on any atom is -0.466 e. The summed E-state index contributed by atoms with van der Waals surface area (Å²) in [5.41, 5.74) is 0.986. The molecule has 0 aromatic heterocycles. The lowest BCUT2D eigenvalue weighted by Gasteiger charge is -2.00. The average Bonchev–Trinajstić information content (AvgIpc) is 2.45. The van der Waals surface area contributed by atoms with Crippen LogP contribution in [0, 0.1) is 0 Å². The second kappa shape index (κ2) is 9.72. The lowest BCUT2D eigenvalue weighted by Crippen LogP contribution is -2.06. The van der Waals surface area contributed by atoms with Crippen LogP contribution in [-0.2, 0) is 25.8 Å². The highest BCUT2D eigenvalue weighted by atomic mass is 16.6. The van der Waals surface area contributed by atoms with Crippen molar-refractivity contribution in [3.63, 3.8) is 0 Å². The Morgan fingerprint density at radius 1 is 1.20 bits per heavy atom. The monoisotopic (exact) mass is 277 g/mol. The molecule has 0 N–H and O–H groups in total. The van der Waals surface area contributed by atoms with Gasteiger partial charge in [0.25, 0.3) is 0 Å². The molecule has 0 aliphatic rings. The SMILES string of the molecule is CCOC(=O)CCCC(=O)/C=N/OCc1ccccc1. The van der Waals surface area contributed by atoms with E-state index in [1.165, 1.54) is 0 Å². The zero-order chi connectivity index (χ0) is 14.6. The van der Waals surface area contributed by atoms with Gasteiger partial charge in [-0.25, -0.2) is 0 Å². The van der Waals surface area contributed by atoms with Gasteiger partial charge < -0.3 is 9.57 Å². The van der Waals surface area contributed by atoms with Crippen LogP contribution in [-0.4, -0.2) is 24.6 Å². The highest BCUT2D eigenvalue weighted by Crippen LogP contribution is 2.01. The van der Waals surface area contributed by atoms with Crippen LogP contribution < -0.4 is 0 Å². The van der Waals surface area contributed by atoms with Gasteiger partial charge in [-0.05, 0) is 18.9 Å². The molecule has 1 aromatic carbocycles. The summed E-state index contributed by atoms with van der Waals surface area (Å²) in [5.74, 6) is -0.445. The predicted molar refractivity (Wildman–Crippen MR) is 75.2 cm³/mol. The molecule has 0 amide bonds. The maximum Gasteiger partial charge on any atom is 0.305 e. The van der Waals surface area contributed by atoms with Gasteiger partial charge in [0, 0.05) is 12.8 Å². The van der Waals surface area contributed by atoms with E-state index in [1.807, 2.05) is 30.3 Å². The number of carbonyl (C=O) groups is 2. The molecule has 0 spiro atoms. The molecule has 1 rings (SSSR count). The lowest BCUT2D eigenvalue weighted by molar-refractivity contribution is -0.143. The van der Waals surface area contributed by atoms with Gasteiger partial charge in [-0.2, -0.15) is 0 Å². The summed E-state index contributed by atoms with van der Waals surface area (Å²) in [6, 6.07) is 9.55. The van der Waals surface area contributed by atoms with E-state index in [-0.39, 0.29) is 24.6 Å². The predicted octanol–water partition coefficient (Wildman–Crippen LogP) is 2.49. The Bertz CT molecular complexity index is 442. The van der Waals surface area contributed by atoms with Gasteiger partial charge in [-0.15, -0.1) is 0 Å². The number of hydrogen-bond donors (Lipinski definition) is 0.